The van der Waals surface area contributed by atoms with Crippen LogP contribution in [0.15, 0.2) is 40.9 Å². The van der Waals surface area contributed by atoms with E-state index in [0.717, 1.165) is 20.9 Å². The summed E-state index contributed by atoms with van der Waals surface area (Å²) in [6, 6.07) is 11.6. The van der Waals surface area contributed by atoms with Gasteiger partial charge in [0.05, 0.1) is 6.42 Å². The van der Waals surface area contributed by atoms with Crippen molar-refractivity contribution in [3.05, 3.63) is 40.9 Å². The molecule has 0 bridgehead atoms. The van der Waals surface area contributed by atoms with Gasteiger partial charge in [-0.25, -0.2) is 0 Å². The Hall–Kier alpha value is -1.79. The first kappa shape index (κ1) is 11.7. The fraction of sp³-hybridized carbons (Fsp3) is 0.0714. The Balaban J connectivity index is 2.45. The van der Waals surface area contributed by atoms with E-state index in [0.29, 0.717) is 0 Å². The summed E-state index contributed by atoms with van der Waals surface area (Å²) < 4.78 is 1.00. The van der Waals surface area contributed by atoms with Crippen LogP contribution in [0.4, 0.5) is 5.69 Å². The van der Waals surface area contributed by atoms with Gasteiger partial charge in [-0.2, -0.15) is 0 Å². The molecule has 0 aromatic heterocycles. The number of hydrogen-bond acceptors (Lipinski definition) is 1. The number of carbonyl (C=O) groups excluding carboxylic acids is 1. The number of halogens is 1. The molecule has 17 heavy (non-hydrogen) atoms. The summed E-state index contributed by atoms with van der Waals surface area (Å²) in [5.74, 6) is 2.16. The maximum Gasteiger partial charge on any atom is 0.236 e. The fourth-order valence-electron chi connectivity index (χ4n) is 1.66. The van der Waals surface area contributed by atoms with Crippen LogP contribution in [0, 0.1) is 12.3 Å². The summed E-state index contributed by atoms with van der Waals surface area (Å²) in [5, 5.41) is 4.86. The molecular formula is C14H10BrNO. The second-order valence-corrected chi connectivity index (χ2v) is 4.42. The van der Waals surface area contributed by atoms with Gasteiger partial charge in [0.2, 0.25) is 5.91 Å². The molecule has 0 saturated heterocycles. The number of nitrogens with one attached hydrogen (secondary N) is 1. The van der Waals surface area contributed by atoms with Crippen molar-refractivity contribution in [2.75, 3.05) is 5.32 Å². The molecule has 0 radical (unpaired) electrons. The standard InChI is InChI=1S/C14H10BrNO/c1-2-5-14(17)16-13-9-8-12(15)10-6-3-4-7-11(10)13/h1,3-4,6-9H,5H2,(H,16,17). The molecule has 3 heteroatoms. The lowest BCUT2D eigenvalue weighted by atomic mass is 10.1. The van der Waals surface area contributed by atoms with Gasteiger partial charge in [0.25, 0.3) is 0 Å². The van der Waals surface area contributed by atoms with Gasteiger partial charge in [0.1, 0.15) is 0 Å². The van der Waals surface area contributed by atoms with Gasteiger partial charge in [-0.3, -0.25) is 4.79 Å². The van der Waals surface area contributed by atoms with Gasteiger partial charge in [-0.1, -0.05) is 46.1 Å². The molecule has 0 spiro atoms. The maximum atomic E-state index is 11.5. The molecule has 1 amide bonds. The van der Waals surface area contributed by atoms with E-state index in [1.165, 1.54) is 0 Å². The average Bonchev–Trinajstić information content (AvgIpc) is 2.34. The third-order valence-corrected chi connectivity index (χ3v) is 3.10. The molecule has 0 aliphatic rings. The molecule has 0 atom stereocenters. The smallest absolute Gasteiger partial charge is 0.236 e. The van der Waals surface area contributed by atoms with Gasteiger partial charge < -0.3 is 5.32 Å². The number of rotatable bonds is 2. The largest absolute Gasteiger partial charge is 0.325 e. The fourth-order valence-corrected chi connectivity index (χ4v) is 2.14. The highest BCUT2D eigenvalue weighted by atomic mass is 79.9. The molecule has 0 saturated carbocycles. The number of hydrogen-bond donors (Lipinski definition) is 1. The second kappa shape index (κ2) is 5.03. The summed E-state index contributed by atoms with van der Waals surface area (Å²) >= 11 is 3.48. The van der Waals surface area contributed by atoms with Crippen LogP contribution >= 0.6 is 15.9 Å². The Morgan fingerprint density at radius 2 is 1.94 bits per heavy atom. The van der Waals surface area contributed by atoms with E-state index >= 15 is 0 Å². The van der Waals surface area contributed by atoms with E-state index in [-0.39, 0.29) is 12.3 Å². The van der Waals surface area contributed by atoms with Crippen molar-refractivity contribution in [1.29, 1.82) is 0 Å². The minimum atomic E-state index is -0.167. The number of benzene rings is 2. The van der Waals surface area contributed by atoms with Crippen LogP contribution in [-0.2, 0) is 4.79 Å². The van der Waals surface area contributed by atoms with E-state index < -0.39 is 0 Å². The summed E-state index contributed by atoms with van der Waals surface area (Å²) in [6.45, 7) is 0. The van der Waals surface area contributed by atoms with Crippen LogP contribution in [0.1, 0.15) is 6.42 Å². The molecule has 2 aromatic carbocycles. The molecule has 1 N–H and O–H groups in total. The number of carbonyl (C=O) groups is 1. The highest BCUT2D eigenvalue weighted by molar-refractivity contribution is 9.10. The maximum absolute atomic E-state index is 11.5. The van der Waals surface area contributed by atoms with E-state index in [2.05, 4.69) is 27.2 Å². The van der Waals surface area contributed by atoms with Crippen LogP contribution in [0.5, 0.6) is 0 Å². The average molecular weight is 288 g/mol. The highest BCUT2D eigenvalue weighted by Crippen LogP contribution is 2.29. The molecule has 2 aromatic rings. The SMILES string of the molecule is C#CCC(=O)Nc1ccc(Br)c2ccccc12. The van der Waals surface area contributed by atoms with Crippen molar-refractivity contribution in [3.63, 3.8) is 0 Å². The summed E-state index contributed by atoms with van der Waals surface area (Å²) in [4.78, 5) is 11.5. The molecule has 2 rings (SSSR count). The molecule has 0 heterocycles. The van der Waals surface area contributed by atoms with Gasteiger partial charge >= 0.3 is 0 Å². The minimum absolute atomic E-state index is 0.0877. The molecule has 0 aliphatic carbocycles. The number of fused-ring (bicyclic) bond motifs is 1. The Bertz CT molecular complexity index is 613. The Labute approximate surface area is 108 Å². The lowest BCUT2D eigenvalue weighted by molar-refractivity contribution is -0.115. The first-order valence-electron chi connectivity index (χ1n) is 5.13. The van der Waals surface area contributed by atoms with E-state index in [1.807, 2.05) is 36.4 Å². The molecule has 2 nitrogen and oxygen atoms in total. The van der Waals surface area contributed by atoms with E-state index in [9.17, 15) is 4.79 Å². The summed E-state index contributed by atoms with van der Waals surface area (Å²) in [6.07, 6.45) is 5.19. The number of terminal acetylenes is 1. The third kappa shape index (κ3) is 2.48. The van der Waals surface area contributed by atoms with Gasteiger partial charge in [0.15, 0.2) is 0 Å². The zero-order valence-electron chi connectivity index (χ0n) is 9.03. The lowest BCUT2D eigenvalue weighted by Gasteiger charge is -2.08. The Morgan fingerprint density at radius 1 is 1.24 bits per heavy atom. The number of anilines is 1. The molecule has 84 valence electrons. The minimum Gasteiger partial charge on any atom is -0.325 e. The third-order valence-electron chi connectivity index (χ3n) is 2.41. The van der Waals surface area contributed by atoms with Crippen LogP contribution in [0.3, 0.4) is 0 Å². The van der Waals surface area contributed by atoms with Crippen molar-refractivity contribution >= 4 is 38.3 Å². The van der Waals surface area contributed by atoms with Crippen molar-refractivity contribution < 1.29 is 4.79 Å². The summed E-state index contributed by atoms with van der Waals surface area (Å²) in [5.41, 5.74) is 0.782. The van der Waals surface area contributed by atoms with Crippen LogP contribution in [0.25, 0.3) is 10.8 Å². The second-order valence-electron chi connectivity index (χ2n) is 3.57. The summed E-state index contributed by atoms with van der Waals surface area (Å²) in [7, 11) is 0. The van der Waals surface area contributed by atoms with Crippen molar-refractivity contribution in [1.82, 2.24) is 0 Å². The predicted octanol–water partition coefficient (Wildman–Crippen LogP) is 3.56. The van der Waals surface area contributed by atoms with Crippen molar-refractivity contribution in [2.45, 2.75) is 6.42 Å². The van der Waals surface area contributed by atoms with E-state index in [1.54, 1.807) is 0 Å². The monoisotopic (exact) mass is 287 g/mol. The quantitative estimate of drug-likeness (QED) is 0.841. The van der Waals surface area contributed by atoms with Crippen LogP contribution in [-0.4, -0.2) is 5.91 Å². The van der Waals surface area contributed by atoms with Crippen LogP contribution < -0.4 is 5.32 Å². The van der Waals surface area contributed by atoms with Gasteiger partial charge in [-0.05, 0) is 17.5 Å². The number of amides is 1. The van der Waals surface area contributed by atoms with E-state index in [4.69, 9.17) is 6.42 Å². The molecule has 0 fully saturated rings. The first-order valence-corrected chi connectivity index (χ1v) is 5.92. The zero-order valence-corrected chi connectivity index (χ0v) is 10.6. The Kier molecular flexibility index (Phi) is 3.46. The zero-order chi connectivity index (χ0) is 12.3. The first-order chi connectivity index (χ1) is 8.22. The topological polar surface area (TPSA) is 29.1 Å². The highest BCUT2D eigenvalue weighted by Gasteiger charge is 2.06. The van der Waals surface area contributed by atoms with Gasteiger partial charge in [-0.15, -0.1) is 6.42 Å². The lowest BCUT2D eigenvalue weighted by Crippen LogP contribution is -2.10. The Morgan fingerprint density at radius 3 is 2.65 bits per heavy atom. The molecule has 0 unspecified atom stereocenters. The normalized spacial score (nSPS) is 9.88. The van der Waals surface area contributed by atoms with Crippen molar-refractivity contribution in [2.24, 2.45) is 0 Å². The molecular weight excluding hydrogens is 278 g/mol. The molecule has 0 aliphatic heterocycles. The van der Waals surface area contributed by atoms with Crippen molar-refractivity contribution in [3.8, 4) is 12.3 Å². The van der Waals surface area contributed by atoms with Crippen LogP contribution in [0.2, 0.25) is 0 Å². The predicted molar refractivity (Wildman–Crippen MR) is 73.7 cm³/mol. The van der Waals surface area contributed by atoms with Gasteiger partial charge in [0, 0.05) is 15.5 Å².